The summed E-state index contributed by atoms with van der Waals surface area (Å²) in [5, 5.41) is 0. The van der Waals surface area contributed by atoms with Gasteiger partial charge in [-0.15, -0.1) is 0 Å². The molecule has 17 heavy (non-hydrogen) atoms. The topological polar surface area (TPSA) is 26.3 Å². The molecule has 1 heterocycles. The summed E-state index contributed by atoms with van der Waals surface area (Å²) in [6, 6.07) is 10.1. The van der Waals surface area contributed by atoms with Crippen molar-refractivity contribution in [2.45, 2.75) is 12.8 Å². The normalized spacial score (nSPS) is 22.3. The Morgan fingerprint density at radius 3 is 2.76 bits per heavy atom. The largest absolute Gasteiger partial charge is 0.430 e. The fourth-order valence-electron chi connectivity index (χ4n) is 1.76. The zero-order valence-electron chi connectivity index (χ0n) is 9.30. The molecule has 0 aromatic heterocycles. The minimum atomic E-state index is -0.106. The second-order valence-corrected chi connectivity index (χ2v) is 4.57. The van der Waals surface area contributed by atoms with Crippen molar-refractivity contribution in [2.24, 2.45) is 5.92 Å². The Morgan fingerprint density at radius 2 is 2.12 bits per heavy atom. The molecular weight excluding hydrogens is 327 g/mol. The van der Waals surface area contributed by atoms with Gasteiger partial charge in [0.05, 0.1) is 5.92 Å². The van der Waals surface area contributed by atoms with Gasteiger partial charge in [0.1, 0.15) is 5.76 Å². The summed E-state index contributed by atoms with van der Waals surface area (Å²) in [6.07, 6.45) is 5.54. The van der Waals surface area contributed by atoms with E-state index in [0.717, 1.165) is 24.2 Å². The van der Waals surface area contributed by atoms with Crippen molar-refractivity contribution in [1.29, 1.82) is 0 Å². The molecule has 88 valence electrons. The lowest BCUT2D eigenvalue weighted by atomic mass is 10.0. The van der Waals surface area contributed by atoms with Crippen LogP contribution in [0.1, 0.15) is 18.4 Å². The van der Waals surface area contributed by atoms with Crippen LogP contribution >= 0.6 is 22.6 Å². The van der Waals surface area contributed by atoms with E-state index in [9.17, 15) is 4.79 Å². The van der Waals surface area contributed by atoms with Crippen LogP contribution in [0.2, 0.25) is 0 Å². The predicted octanol–water partition coefficient (Wildman–Crippen LogP) is 3.93. The molecule has 1 fully saturated rings. The van der Waals surface area contributed by atoms with Crippen LogP contribution in [-0.4, -0.2) is 5.97 Å². The van der Waals surface area contributed by atoms with Crippen LogP contribution < -0.4 is 0 Å². The van der Waals surface area contributed by atoms with Crippen molar-refractivity contribution in [3.05, 3.63) is 51.8 Å². The molecule has 1 aliphatic heterocycles. The minimum absolute atomic E-state index is 0.0176. The molecule has 0 bridgehead atoms. The molecule has 0 radical (unpaired) electrons. The number of hydrogen-bond acceptors (Lipinski definition) is 2. The van der Waals surface area contributed by atoms with Gasteiger partial charge in [-0.1, -0.05) is 42.5 Å². The number of rotatable bonds is 3. The van der Waals surface area contributed by atoms with Gasteiger partial charge in [-0.2, -0.15) is 0 Å². The fourth-order valence-corrected chi connectivity index (χ4v) is 2.14. The van der Waals surface area contributed by atoms with Gasteiger partial charge in [-0.25, -0.2) is 0 Å². The molecule has 3 heteroatoms. The molecule has 0 spiro atoms. The lowest BCUT2D eigenvalue weighted by molar-refractivity contribution is -0.138. The SMILES string of the molecule is O=C1O/C(=C/I)CC1C/C=C/c1ccccc1. The van der Waals surface area contributed by atoms with Gasteiger partial charge < -0.3 is 4.74 Å². The molecule has 1 aromatic carbocycles. The van der Waals surface area contributed by atoms with Gasteiger partial charge in [-0.05, 0) is 34.6 Å². The molecule has 1 unspecified atom stereocenters. The fraction of sp³-hybridized carbons (Fsp3) is 0.214. The molecule has 1 aliphatic rings. The van der Waals surface area contributed by atoms with Crippen LogP contribution in [-0.2, 0) is 9.53 Å². The van der Waals surface area contributed by atoms with Gasteiger partial charge in [0, 0.05) is 10.5 Å². The van der Waals surface area contributed by atoms with Crippen LogP contribution in [0.15, 0.2) is 46.2 Å². The maximum Gasteiger partial charge on any atom is 0.314 e. The number of hydrogen-bond donors (Lipinski definition) is 0. The van der Waals surface area contributed by atoms with E-state index in [1.54, 1.807) is 0 Å². The quantitative estimate of drug-likeness (QED) is 0.616. The third kappa shape index (κ3) is 3.43. The van der Waals surface area contributed by atoms with Crippen molar-refractivity contribution in [3.63, 3.8) is 0 Å². The Hall–Kier alpha value is -1.10. The van der Waals surface area contributed by atoms with Gasteiger partial charge in [-0.3, -0.25) is 4.79 Å². The number of halogens is 1. The number of ether oxygens (including phenoxy) is 1. The lowest BCUT2D eigenvalue weighted by Crippen LogP contribution is -2.05. The maximum atomic E-state index is 11.5. The number of carbonyl (C=O) groups is 1. The molecule has 2 rings (SSSR count). The smallest absolute Gasteiger partial charge is 0.314 e. The third-order valence-electron chi connectivity index (χ3n) is 2.66. The zero-order chi connectivity index (χ0) is 12.1. The molecule has 0 saturated carbocycles. The molecule has 0 aliphatic carbocycles. The highest BCUT2D eigenvalue weighted by atomic mass is 127. The monoisotopic (exact) mass is 340 g/mol. The van der Waals surface area contributed by atoms with Crippen molar-refractivity contribution >= 4 is 34.6 Å². The first-order valence-corrected chi connectivity index (χ1v) is 6.76. The van der Waals surface area contributed by atoms with Gasteiger partial charge >= 0.3 is 5.97 Å². The first-order chi connectivity index (χ1) is 8.29. The van der Waals surface area contributed by atoms with E-state index < -0.39 is 0 Å². The summed E-state index contributed by atoms with van der Waals surface area (Å²) < 4.78 is 6.94. The van der Waals surface area contributed by atoms with Crippen LogP contribution in [0, 0.1) is 5.92 Å². The number of esters is 1. The first kappa shape index (κ1) is 12.4. The minimum Gasteiger partial charge on any atom is -0.430 e. The molecule has 2 nitrogen and oxygen atoms in total. The van der Waals surface area contributed by atoms with Crippen LogP contribution in [0.4, 0.5) is 0 Å². The third-order valence-corrected chi connectivity index (χ3v) is 3.36. The zero-order valence-corrected chi connectivity index (χ0v) is 11.5. The van der Waals surface area contributed by atoms with E-state index >= 15 is 0 Å². The van der Waals surface area contributed by atoms with Crippen molar-refractivity contribution < 1.29 is 9.53 Å². The lowest BCUT2D eigenvalue weighted by Gasteiger charge is -1.98. The van der Waals surface area contributed by atoms with Gasteiger partial charge in [0.2, 0.25) is 0 Å². The van der Waals surface area contributed by atoms with Crippen molar-refractivity contribution in [3.8, 4) is 0 Å². The highest BCUT2D eigenvalue weighted by molar-refractivity contribution is 14.1. The Labute approximate surface area is 115 Å². The summed E-state index contributed by atoms with van der Waals surface area (Å²) in [5.74, 6) is 0.662. The van der Waals surface area contributed by atoms with E-state index in [-0.39, 0.29) is 11.9 Å². The molecule has 1 saturated heterocycles. The first-order valence-electron chi connectivity index (χ1n) is 5.52. The number of allylic oxidation sites excluding steroid dienone is 2. The van der Waals surface area contributed by atoms with E-state index in [1.807, 2.05) is 46.6 Å². The van der Waals surface area contributed by atoms with Crippen molar-refractivity contribution in [1.82, 2.24) is 0 Å². The van der Waals surface area contributed by atoms with Gasteiger partial charge in [0.15, 0.2) is 0 Å². The standard InChI is InChI=1S/C14H13IO2/c15-10-13-9-12(14(16)17-13)8-4-7-11-5-2-1-3-6-11/h1-7,10,12H,8-9H2/b7-4+,13-10+. The highest BCUT2D eigenvalue weighted by Crippen LogP contribution is 2.28. The molecule has 1 atom stereocenters. The summed E-state index contributed by atoms with van der Waals surface area (Å²) >= 11 is 2.10. The van der Waals surface area contributed by atoms with E-state index in [1.165, 1.54) is 0 Å². The summed E-state index contributed by atoms with van der Waals surface area (Å²) in [5.41, 5.74) is 1.16. The summed E-state index contributed by atoms with van der Waals surface area (Å²) in [7, 11) is 0. The van der Waals surface area contributed by atoms with E-state index in [2.05, 4.69) is 22.6 Å². The average molecular weight is 340 g/mol. The number of benzene rings is 1. The van der Waals surface area contributed by atoms with Gasteiger partial charge in [0.25, 0.3) is 0 Å². The molecule has 0 N–H and O–H groups in total. The number of cyclic esters (lactones) is 1. The number of carbonyl (C=O) groups excluding carboxylic acids is 1. The molecule has 1 aromatic rings. The Kier molecular flexibility index (Phi) is 4.36. The Morgan fingerprint density at radius 1 is 1.35 bits per heavy atom. The maximum absolute atomic E-state index is 11.5. The molecular formula is C14H13IO2. The molecule has 0 amide bonds. The van der Waals surface area contributed by atoms with Crippen LogP contribution in [0.3, 0.4) is 0 Å². The van der Waals surface area contributed by atoms with Crippen molar-refractivity contribution in [2.75, 3.05) is 0 Å². The summed E-state index contributed by atoms with van der Waals surface area (Å²) in [4.78, 5) is 11.5. The Balaban J connectivity index is 1.91. The Bertz CT molecular complexity index is 449. The predicted molar refractivity (Wildman–Crippen MR) is 76.4 cm³/mol. The second-order valence-electron chi connectivity index (χ2n) is 3.95. The second kappa shape index (κ2) is 6.00. The van der Waals surface area contributed by atoms with Crippen LogP contribution in [0.5, 0.6) is 0 Å². The van der Waals surface area contributed by atoms with Crippen LogP contribution in [0.25, 0.3) is 6.08 Å². The summed E-state index contributed by atoms with van der Waals surface area (Å²) in [6.45, 7) is 0. The highest BCUT2D eigenvalue weighted by Gasteiger charge is 2.29. The van der Waals surface area contributed by atoms with E-state index in [4.69, 9.17) is 4.74 Å². The van der Waals surface area contributed by atoms with E-state index in [0.29, 0.717) is 0 Å². The average Bonchev–Trinajstić information content (AvgIpc) is 2.72.